The number of thioether (sulfide) groups is 1. The molecule has 0 fully saturated rings. The Balaban J connectivity index is 2.42. The lowest BCUT2D eigenvalue weighted by Gasteiger charge is -2.20. The molecule has 1 heterocycles. The smallest absolute Gasteiger partial charge is 0.232 e. The Morgan fingerprint density at radius 1 is 1.41 bits per heavy atom. The Bertz CT molecular complexity index is 379. The molecular weight excluding hydrogens is 234 g/mol. The number of carbonyl (C=O) groups is 1. The van der Waals surface area contributed by atoms with Gasteiger partial charge in [0.1, 0.15) is 11.5 Å². The van der Waals surface area contributed by atoms with Gasteiger partial charge in [0.15, 0.2) is 0 Å². The first-order chi connectivity index (χ1) is 7.78. The highest BCUT2D eigenvalue weighted by Gasteiger charge is 2.16. The zero-order chi connectivity index (χ0) is 13.1. The van der Waals surface area contributed by atoms with Crippen LogP contribution in [0.2, 0.25) is 0 Å². The molecule has 0 saturated carbocycles. The van der Waals surface area contributed by atoms with Crippen molar-refractivity contribution in [1.82, 2.24) is 4.90 Å². The van der Waals surface area contributed by atoms with E-state index in [1.54, 1.807) is 16.7 Å². The van der Waals surface area contributed by atoms with Gasteiger partial charge in [-0.2, -0.15) is 0 Å². The third kappa shape index (κ3) is 5.31. The van der Waals surface area contributed by atoms with Crippen molar-refractivity contribution in [1.29, 1.82) is 0 Å². The van der Waals surface area contributed by atoms with Gasteiger partial charge >= 0.3 is 0 Å². The Labute approximate surface area is 108 Å². The van der Waals surface area contributed by atoms with E-state index < -0.39 is 0 Å². The first kappa shape index (κ1) is 14.2. The number of rotatable bonds is 4. The van der Waals surface area contributed by atoms with Crippen LogP contribution in [0.25, 0.3) is 0 Å². The summed E-state index contributed by atoms with van der Waals surface area (Å²) >= 11 is 1.66. The van der Waals surface area contributed by atoms with Crippen molar-refractivity contribution < 1.29 is 9.21 Å². The predicted molar refractivity (Wildman–Crippen MR) is 72.1 cm³/mol. The molecule has 0 bridgehead atoms. The number of nitrogens with zero attached hydrogens (tertiary/aromatic N) is 1. The van der Waals surface area contributed by atoms with Crippen LogP contribution in [-0.4, -0.2) is 28.4 Å². The SMILES string of the molecule is Cc1ccc(CN(C)C(=O)CSC(C)(C)C)o1. The van der Waals surface area contributed by atoms with Crippen molar-refractivity contribution in [3.05, 3.63) is 23.7 Å². The molecule has 1 aromatic heterocycles. The second-order valence-corrected chi connectivity index (χ2v) is 6.97. The largest absolute Gasteiger partial charge is 0.464 e. The maximum Gasteiger partial charge on any atom is 0.232 e. The van der Waals surface area contributed by atoms with Crippen LogP contribution in [-0.2, 0) is 11.3 Å². The maximum atomic E-state index is 11.9. The highest BCUT2D eigenvalue weighted by molar-refractivity contribution is 8.01. The zero-order valence-corrected chi connectivity index (χ0v) is 12.1. The van der Waals surface area contributed by atoms with Gasteiger partial charge in [-0.25, -0.2) is 0 Å². The lowest BCUT2D eigenvalue weighted by atomic mass is 10.3. The van der Waals surface area contributed by atoms with Gasteiger partial charge in [-0.15, -0.1) is 11.8 Å². The summed E-state index contributed by atoms with van der Waals surface area (Å²) in [6, 6.07) is 3.83. The summed E-state index contributed by atoms with van der Waals surface area (Å²) in [5.41, 5.74) is 0. The minimum atomic E-state index is 0.123. The van der Waals surface area contributed by atoms with Crippen LogP contribution in [0, 0.1) is 6.92 Å². The molecule has 1 rings (SSSR count). The van der Waals surface area contributed by atoms with Crippen molar-refractivity contribution in [3.8, 4) is 0 Å². The number of amides is 1. The second-order valence-electron chi connectivity index (χ2n) is 5.16. The number of carbonyl (C=O) groups excluding carboxylic acids is 1. The Hall–Kier alpha value is -0.900. The molecule has 96 valence electrons. The quantitative estimate of drug-likeness (QED) is 0.829. The molecule has 0 saturated heterocycles. The van der Waals surface area contributed by atoms with Crippen LogP contribution < -0.4 is 0 Å². The van der Waals surface area contributed by atoms with Crippen molar-refractivity contribution in [3.63, 3.8) is 0 Å². The molecule has 1 aromatic rings. The third-order valence-corrected chi connectivity index (χ3v) is 3.50. The summed E-state index contributed by atoms with van der Waals surface area (Å²) in [7, 11) is 1.81. The summed E-state index contributed by atoms with van der Waals surface area (Å²) < 4.78 is 5.57. The average Bonchev–Trinajstić information content (AvgIpc) is 2.59. The molecule has 0 aliphatic rings. The zero-order valence-electron chi connectivity index (χ0n) is 11.2. The number of furan rings is 1. The molecule has 0 aromatic carbocycles. The summed E-state index contributed by atoms with van der Waals surface area (Å²) in [5, 5.41) is 0. The van der Waals surface area contributed by atoms with Gasteiger partial charge in [-0.05, 0) is 19.1 Å². The lowest BCUT2D eigenvalue weighted by Crippen LogP contribution is -2.29. The molecule has 0 atom stereocenters. The molecule has 0 aliphatic heterocycles. The molecule has 0 unspecified atom stereocenters. The van der Waals surface area contributed by atoms with Crippen molar-refractivity contribution in [2.24, 2.45) is 0 Å². The van der Waals surface area contributed by atoms with Gasteiger partial charge in [-0.1, -0.05) is 20.8 Å². The van der Waals surface area contributed by atoms with E-state index in [1.165, 1.54) is 0 Å². The van der Waals surface area contributed by atoms with Crippen LogP contribution in [0.3, 0.4) is 0 Å². The van der Waals surface area contributed by atoms with E-state index in [2.05, 4.69) is 20.8 Å². The molecule has 0 N–H and O–H groups in total. The van der Waals surface area contributed by atoms with Crippen LogP contribution >= 0.6 is 11.8 Å². The van der Waals surface area contributed by atoms with E-state index >= 15 is 0 Å². The normalized spacial score (nSPS) is 11.6. The monoisotopic (exact) mass is 255 g/mol. The fourth-order valence-electron chi connectivity index (χ4n) is 1.28. The molecular formula is C13H21NO2S. The maximum absolute atomic E-state index is 11.9. The average molecular weight is 255 g/mol. The van der Waals surface area contributed by atoms with Gasteiger partial charge in [0.05, 0.1) is 12.3 Å². The van der Waals surface area contributed by atoms with Gasteiger partial charge in [0.2, 0.25) is 5.91 Å². The molecule has 0 radical (unpaired) electrons. The van der Waals surface area contributed by atoms with E-state index in [-0.39, 0.29) is 10.7 Å². The summed E-state index contributed by atoms with van der Waals surface area (Å²) in [4.78, 5) is 13.6. The highest BCUT2D eigenvalue weighted by atomic mass is 32.2. The summed E-state index contributed by atoms with van der Waals surface area (Å²) in [6.07, 6.45) is 0. The van der Waals surface area contributed by atoms with Crippen LogP contribution in [0.1, 0.15) is 32.3 Å². The standard InChI is InChI=1S/C13H21NO2S/c1-10-6-7-11(16-10)8-14(5)12(15)9-17-13(2,3)4/h6-7H,8-9H2,1-5H3. The van der Waals surface area contributed by atoms with Crippen molar-refractivity contribution >= 4 is 17.7 Å². The van der Waals surface area contributed by atoms with E-state index in [0.717, 1.165) is 11.5 Å². The molecule has 0 aliphatic carbocycles. The predicted octanol–water partition coefficient (Wildman–Crippen LogP) is 3.08. The van der Waals surface area contributed by atoms with Crippen LogP contribution in [0.4, 0.5) is 0 Å². The number of hydrogen-bond donors (Lipinski definition) is 0. The minimum absolute atomic E-state index is 0.123. The number of aryl methyl sites for hydroxylation is 1. The fourth-order valence-corrected chi connectivity index (χ4v) is 2.06. The Morgan fingerprint density at radius 2 is 2.06 bits per heavy atom. The van der Waals surface area contributed by atoms with E-state index in [1.807, 2.05) is 26.1 Å². The Morgan fingerprint density at radius 3 is 2.53 bits per heavy atom. The van der Waals surface area contributed by atoms with Crippen LogP contribution in [0.15, 0.2) is 16.5 Å². The van der Waals surface area contributed by atoms with Gasteiger partial charge < -0.3 is 9.32 Å². The topological polar surface area (TPSA) is 33.5 Å². The molecule has 17 heavy (non-hydrogen) atoms. The molecule has 1 amide bonds. The Kier molecular flexibility index (Phi) is 4.69. The number of hydrogen-bond acceptors (Lipinski definition) is 3. The first-order valence-corrected chi connectivity index (χ1v) is 6.70. The van der Waals surface area contributed by atoms with E-state index in [4.69, 9.17) is 4.42 Å². The van der Waals surface area contributed by atoms with Gasteiger partial charge in [-0.3, -0.25) is 4.79 Å². The van der Waals surface area contributed by atoms with E-state index in [9.17, 15) is 4.79 Å². The van der Waals surface area contributed by atoms with Crippen molar-refractivity contribution in [2.75, 3.05) is 12.8 Å². The highest BCUT2D eigenvalue weighted by Crippen LogP contribution is 2.23. The molecule has 0 spiro atoms. The second kappa shape index (κ2) is 5.63. The fraction of sp³-hybridized carbons (Fsp3) is 0.615. The van der Waals surface area contributed by atoms with E-state index in [0.29, 0.717) is 12.3 Å². The van der Waals surface area contributed by atoms with Gasteiger partial charge in [0.25, 0.3) is 0 Å². The first-order valence-electron chi connectivity index (χ1n) is 5.71. The minimum Gasteiger partial charge on any atom is -0.464 e. The van der Waals surface area contributed by atoms with Crippen molar-refractivity contribution in [2.45, 2.75) is 39.0 Å². The van der Waals surface area contributed by atoms with Crippen LogP contribution in [0.5, 0.6) is 0 Å². The summed E-state index contributed by atoms with van der Waals surface area (Å²) in [6.45, 7) is 8.78. The molecule has 4 heteroatoms. The lowest BCUT2D eigenvalue weighted by molar-refractivity contribution is -0.127. The third-order valence-electron chi connectivity index (χ3n) is 2.24. The molecule has 3 nitrogen and oxygen atoms in total. The van der Waals surface area contributed by atoms with Gasteiger partial charge in [0, 0.05) is 11.8 Å². The summed E-state index contributed by atoms with van der Waals surface area (Å²) in [5.74, 6) is 2.36.